The van der Waals surface area contributed by atoms with E-state index >= 15 is 0 Å². The van der Waals surface area contributed by atoms with Crippen LogP contribution < -0.4 is 0 Å². The zero-order valence-electron chi connectivity index (χ0n) is 10.8. The summed E-state index contributed by atoms with van der Waals surface area (Å²) in [6.45, 7) is 1.74. The normalized spacial score (nSPS) is 12.0. The van der Waals surface area contributed by atoms with Gasteiger partial charge in [-0.1, -0.05) is 29.8 Å². The third kappa shape index (κ3) is 2.29. The number of hydrogen-bond acceptors (Lipinski definition) is 4. The van der Waals surface area contributed by atoms with Crippen LogP contribution in [0.15, 0.2) is 41.4 Å². The van der Waals surface area contributed by atoms with Crippen molar-refractivity contribution in [3.05, 3.63) is 52.5 Å². The van der Waals surface area contributed by atoms with E-state index in [0.29, 0.717) is 11.1 Å². The van der Waals surface area contributed by atoms with E-state index in [0.717, 1.165) is 3.97 Å². The molecule has 108 valence electrons. The molecule has 0 N–H and O–H groups in total. The van der Waals surface area contributed by atoms with Crippen molar-refractivity contribution in [2.75, 3.05) is 0 Å². The molecule has 2 heterocycles. The molecule has 3 aromatic rings. The molecule has 1 aromatic carbocycles. The summed E-state index contributed by atoms with van der Waals surface area (Å²) in [5.41, 5.74) is 1.29. The second-order valence-corrected chi connectivity index (χ2v) is 6.92. The van der Waals surface area contributed by atoms with E-state index < -0.39 is 10.0 Å². The van der Waals surface area contributed by atoms with Crippen LogP contribution in [0.5, 0.6) is 0 Å². The summed E-state index contributed by atoms with van der Waals surface area (Å²) in [4.78, 5) is 8.03. The van der Waals surface area contributed by atoms with Crippen molar-refractivity contribution in [1.82, 2.24) is 13.9 Å². The number of aromatic nitrogens is 3. The number of benzene rings is 1. The van der Waals surface area contributed by atoms with Crippen LogP contribution in [-0.2, 0) is 10.0 Å². The minimum atomic E-state index is -3.77. The SMILES string of the molecule is Cc1cn(S(=O)(=O)c2ccccc2)c2c(Cl)nc(Cl)nc12. The van der Waals surface area contributed by atoms with Gasteiger partial charge in [-0.15, -0.1) is 0 Å². The van der Waals surface area contributed by atoms with Gasteiger partial charge in [0.2, 0.25) is 5.28 Å². The van der Waals surface area contributed by atoms with Crippen LogP contribution in [0, 0.1) is 6.92 Å². The highest BCUT2D eigenvalue weighted by molar-refractivity contribution is 7.90. The molecule has 0 aliphatic heterocycles. The summed E-state index contributed by atoms with van der Waals surface area (Å²) < 4.78 is 26.5. The number of hydrogen-bond donors (Lipinski definition) is 0. The molecule has 5 nitrogen and oxygen atoms in total. The molecule has 0 saturated carbocycles. The molecular formula is C13H9Cl2N3O2S. The molecular weight excluding hydrogens is 333 g/mol. The molecule has 0 aliphatic carbocycles. The summed E-state index contributed by atoms with van der Waals surface area (Å²) in [5.74, 6) is 0. The number of nitrogens with zero attached hydrogens (tertiary/aromatic N) is 3. The van der Waals surface area contributed by atoms with Crippen LogP contribution in [-0.4, -0.2) is 22.4 Å². The highest BCUT2D eigenvalue weighted by Gasteiger charge is 2.23. The maximum Gasteiger partial charge on any atom is 0.268 e. The maximum absolute atomic E-state index is 12.7. The van der Waals surface area contributed by atoms with Crippen molar-refractivity contribution in [3.63, 3.8) is 0 Å². The van der Waals surface area contributed by atoms with Gasteiger partial charge in [0.05, 0.1) is 10.4 Å². The maximum atomic E-state index is 12.7. The Hall–Kier alpha value is -1.63. The summed E-state index contributed by atoms with van der Waals surface area (Å²) in [6.07, 6.45) is 1.46. The fraction of sp³-hybridized carbons (Fsp3) is 0.0769. The Bertz CT molecular complexity index is 937. The van der Waals surface area contributed by atoms with Gasteiger partial charge >= 0.3 is 0 Å². The molecule has 0 aliphatic rings. The van der Waals surface area contributed by atoms with Crippen LogP contribution in [0.3, 0.4) is 0 Å². The average Bonchev–Trinajstić information content (AvgIpc) is 2.78. The summed E-state index contributed by atoms with van der Waals surface area (Å²) >= 11 is 11.8. The Labute approximate surface area is 131 Å². The lowest BCUT2D eigenvalue weighted by atomic mass is 10.3. The van der Waals surface area contributed by atoms with Gasteiger partial charge < -0.3 is 0 Å². The van der Waals surface area contributed by atoms with Crippen molar-refractivity contribution < 1.29 is 8.42 Å². The van der Waals surface area contributed by atoms with Crippen LogP contribution in [0.2, 0.25) is 10.4 Å². The molecule has 0 spiro atoms. The molecule has 0 unspecified atom stereocenters. The van der Waals surface area contributed by atoms with Crippen molar-refractivity contribution in [1.29, 1.82) is 0 Å². The van der Waals surface area contributed by atoms with Gasteiger partial charge in [-0.25, -0.2) is 22.4 Å². The molecule has 0 amide bonds. The van der Waals surface area contributed by atoms with Crippen LogP contribution in [0.25, 0.3) is 11.0 Å². The first kappa shape index (κ1) is 14.3. The lowest BCUT2D eigenvalue weighted by Gasteiger charge is -2.07. The fourth-order valence-corrected chi connectivity index (χ4v) is 4.03. The first-order valence-corrected chi connectivity index (χ1v) is 8.12. The summed E-state index contributed by atoms with van der Waals surface area (Å²) in [7, 11) is -3.77. The Morgan fingerprint density at radius 3 is 2.43 bits per heavy atom. The number of aryl methyl sites for hydroxylation is 1. The average molecular weight is 342 g/mol. The molecule has 0 atom stereocenters. The number of fused-ring (bicyclic) bond motifs is 1. The predicted octanol–water partition coefficient (Wildman–Crippen LogP) is 3.28. The van der Waals surface area contributed by atoms with Crippen molar-refractivity contribution >= 4 is 44.3 Å². The van der Waals surface area contributed by atoms with E-state index in [1.807, 2.05) is 0 Å². The van der Waals surface area contributed by atoms with Crippen molar-refractivity contribution in [2.45, 2.75) is 11.8 Å². The minimum Gasteiger partial charge on any atom is -0.236 e. The summed E-state index contributed by atoms with van der Waals surface area (Å²) in [6, 6.07) is 8.08. The predicted molar refractivity (Wildman–Crippen MR) is 81.3 cm³/mol. The molecule has 3 rings (SSSR count). The standard InChI is InChI=1S/C13H9Cl2N3O2S/c1-8-7-18(11-10(8)16-13(15)17-12(11)14)21(19,20)9-5-3-2-4-6-9/h2-7H,1H3. The number of halogens is 2. The van der Waals surface area contributed by atoms with Gasteiger partial charge in [-0.05, 0) is 36.2 Å². The molecule has 0 radical (unpaired) electrons. The molecule has 2 aromatic heterocycles. The zero-order chi connectivity index (χ0) is 15.2. The molecule has 21 heavy (non-hydrogen) atoms. The zero-order valence-corrected chi connectivity index (χ0v) is 13.1. The quantitative estimate of drug-likeness (QED) is 0.530. The Morgan fingerprint density at radius 2 is 1.76 bits per heavy atom. The smallest absolute Gasteiger partial charge is 0.236 e. The Kier molecular flexibility index (Phi) is 3.39. The van der Waals surface area contributed by atoms with E-state index in [-0.39, 0.29) is 20.8 Å². The molecule has 0 bridgehead atoms. The lowest BCUT2D eigenvalue weighted by Crippen LogP contribution is -2.12. The van der Waals surface area contributed by atoms with Crippen LogP contribution >= 0.6 is 23.2 Å². The molecule has 8 heteroatoms. The fourth-order valence-electron chi connectivity index (χ4n) is 2.07. The highest BCUT2D eigenvalue weighted by atomic mass is 35.5. The van der Waals surface area contributed by atoms with Gasteiger partial charge in [0, 0.05) is 6.20 Å². The Morgan fingerprint density at radius 1 is 1.10 bits per heavy atom. The van der Waals surface area contributed by atoms with Gasteiger partial charge in [-0.3, -0.25) is 0 Å². The third-order valence-electron chi connectivity index (χ3n) is 3.02. The number of rotatable bonds is 2. The van der Waals surface area contributed by atoms with Crippen molar-refractivity contribution in [3.8, 4) is 0 Å². The highest BCUT2D eigenvalue weighted by Crippen LogP contribution is 2.29. The van der Waals surface area contributed by atoms with Gasteiger partial charge in [-0.2, -0.15) is 0 Å². The van der Waals surface area contributed by atoms with E-state index in [9.17, 15) is 8.42 Å². The first-order valence-electron chi connectivity index (χ1n) is 5.92. The van der Waals surface area contributed by atoms with E-state index in [1.165, 1.54) is 18.3 Å². The second kappa shape index (κ2) is 4.98. The Balaban J connectivity index is 2.37. The first-order chi connectivity index (χ1) is 9.91. The largest absolute Gasteiger partial charge is 0.268 e. The van der Waals surface area contributed by atoms with Crippen molar-refractivity contribution in [2.24, 2.45) is 0 Å². The topological polar surface area (TPSA) is 64.8 Å². The minimum absolute atomic E-state index is 0.00222. The lowest BCUT2D eigenvalue weighted by molar-refractivity contribution is 0.589. The van der Waals surface area contributed by atoms with Crippen LogP contribution in [0.1, 0.15) is 5.56 Å². The van der Waals surface area contributed by atoms with Gasteiger partial charge in [0.15, 0.2) is 5.15 Å². The van der Waals surface area contributed by atoms with Crippen LogP contribution in [0.4, 0.5) is 0 Å². The van der Waals surface area contributed by atoms with Gasteiger partial charge in [0.25, 0.3) is 10.0 Å². The van der Waals surface area contributed by atoms with E-state index in [2.05, 4.69) is 9.97 Å². The summed E-state index contributed by atoms with van der Waals surface area (Å²) in [5, 5.41) is -0.0249. The van der Waals surface area contributed by atoms with Gasteiger partial charge in [0.1, 0.15) is 5.52 Å². The second-order valence-electron chi connectivity index (χ2n) is 4.41. The molecule has 0 saturated heterocycles. The third-order valence-corrected chi connectivity index (χ3v) is 5.13. The molecule has 0 fully saturated rings. The van der Waals surface area contributed by atoms with E-state index in [4.69, 9.17) is 23.2 Å². The monoisotopic (exact) mass is 341 g/mol. The van der Waals surface area contributed by atoms with E-state index in [1.54, 1.807) is 25.1 Å².